The second kappa shape index (κ2) is 5.41. The number of nitrogens with one attached hydrogen (secondary N) is 1. The van der Waals surface area contributed by atoms with Crippen LogP contribution in [0.5, 0.6) is 0 Å². The first kappa shape index (κ1) is 14.8. The molecule has 108 valence electrons. The van der Waals surface area contributed by atoms with Gasteiger partial charge in [0.1, 0.15) is 5.82 Å². The van der Waals surface area contributed by atoms with E-state index in [1.165, 1.54) is 25.2 Å². The van der Waals surface area contributed by atoms with Crippen LogP contribution in [0.25, 0.3) is 0 Å². The third-order valence-electron chi connectivity index (χ3n) is 2.95. The van der Waals surface area contributed by atoms with Crippen molar-refractivity contribution in [2.45, 2.75) is 17.8 Å². The standard InChI is InChI=1S/C12H13ClFN3O2S/c1-8-11(7-13)12(16-15-8)20(18,19)17(2)10-5-3-4-9(14)6-10/h3-6H,7H2,1-2H3,(H,15,16). The van der Waals surface area contributed by atoms with Gasteiger partial charge in [-0.05, 0) is 25.1 Å². The zero-order chi connectivity index (χ0) is 14.9. The lowest BCUT2D eigenvalue weighted by Gasteiger charge is -2.18. The van der Waals surface area contributed by atoms with Crippen molar-refractivity contribution in [3.63, 3.8) is 0 Å². The van der Waals surface area contributed by atoms with E-state index >= 15 is 0 Å². The summed E-state index contributed by atoms with van der Waals surface area (Å²) in [5.41, 5.74) is 1.22. The van der Waals surface area contributed by atoms with Crippen molar-refractivity contribution in [3.05, 3.63) is 41.3 Å². The second-order valence-electron chi connectivity index (χ2n) is 4.22. The van der Waals surface area contributed by atoms with Crippen LogP contribution in [-0.2, 0) is 15.9 Å². The number of hydrogen-bond acceptors (Lipinski definition) is 3. The Hall–Kier alpha value is -1.60. The van der Waals surface area contributed by atoms with Crippen molar-refractivity contribution >= 4 is 27.3 Å². The van der Waals surface area contributed by atoms with E-state index < -0.39 is 15.8 Å². The highest BCUT2D eigenvalue weighted by molar-refractivity contribution is 7.92. The minimum absolute atomic E-state index is 0.0217. The van der Waals surface area contributed by atoms with Gasteiger partial charge in [0.15, 0.2) is 0 Å². The maximum absolute atomic E-state index is 13.2. The van der Waals surface area contributed by atoms with Crippen LogP contribution in [0.4, 0.5) is 10.1 Å². The minimum Gasteiger partial charge on any atom is -0.281 e. The molecule has 0 spiro atoms. The molecule has 0 fully saturated rings. The van der Waals surface area contributed by atoms with Crippen molar-refractivity contribution in [1.29, 1.82) is 0 Å². The van der Waals surface area contributed by atoms with Gasteiger partial charge in [0.2, 0.25) is 5.03 Å². The van der Waals surface area contributed by atoms with E-state index in [4.69, 9.17) is 11.6 Å². The molecule has 0 aliphatic rings. The summed E-state index contributed by atoms with van der Waals surface area (Å²) in [6, 6.07) is 5.32. The van der Waals surface area contributed by atoms with E-state index in [1.807, 2.05) is 0 Å². The van der Waals surface area contributed by atoms with Crippen LogP contribution in [-0.4, -0.2) is 25.7 Å². The van der Waals surface area contributed by atoms with Crippen LogP contribution in [0.2, 0.25) is 0 Å². The number of hydrogen-bond donors (Lipinski definition) is 1. The van der Waals surface area contributed by atoms with Gasteiger partial charge >= 0.3 is 0 Å². The van der Waals surface area contributed by atoms with Crippen molar-refractivity contribution in [2.24, 2.45) is 0 Å². The molecule has 0 saturated carbocycles. The molecule has 1 aromatic carbocycles. The zero-order valence-corrected chi connectivity index (χ0v) is 12.5. The summed E-state index contributed by atoms with van der Waals surface area (Å²) < 4.78 is 39.2. The number of aryl methyl sites for hydroxylation is 1. The third-order valence-corrected chi connectivity index (χ3v) is 4.97. The molecule has 0 bridgehead atoms. The first-order valence-corrected chi connectivity index (χ1v) is 7.69. The molecule has 1 heterocycles. The van der Waals surface area contributed by atoms with Gasteiger partial charge < -0.3 is 0 Å². The molecule has 0 amide bonds. The van der Waals surface area contributed by atoms with Crippen molar-refractivity contribution < 1.29 is 12.8 Å². The lowest BCUT2D eigenvalue weighted by atomic mass is 10.3. The molecule has 0 unspecified atom stereocenters. The molecule has 8 heteroatoms. The third kappa shape index (κ3) is 2.51. The number of aromatic amines is 1. The molecule has 5 nitrogen and oxygen atoms in total. The first-order chi connectivity index (χ1) is 9.37. The topological polar surface area (TPSA) is 66.1 Å². The number of H-pyrrole nitrogens is 1. The Kier molecular flexibility index (Phi) is 4.01. The van der Waals surface area contributed by atoms with Crippen molar-refractivity contribution in [3.8, 4) is 0 Å². The quantitative estimate of drug-likeness (QED) is 0.881. The maximum atomic E-state index is 13.2. The van der Waals surface area contributed by atoms with Crippen LogP contribution in [0, 0.1) is 12.7 Å². The normalized spacial score (nSPS) is 11.6. The summed E-state index contributed by atoms with van der Waals surface area (Å²) in [5, 5.41) is 6.25. The van der Waals surface area contributed by atoms with Gasteiger partial charge in [-0.2, -0.15) is 13.5 Å². The van der Waals surface area contributed by atoms with Gasteiger partial charge in [-0.3, -0.25) is 9.40 Å². The molecule has 1 N–H and O–H groups in total. The SMILES string of the molecule is Cc1[nH]nc(S(=O)(=O)N(C)c2cccc(F)c2)c1CCl. The smallest absolute Gasteiger partial charge is 0.281 e. The predicted molar refractivity (Wildman–Crippen MR) is 74.9 cm³/mol. The highest BCUT2D eigenvalue weighted by atomic mass is 35.5. The maximum Gasteiger partial charge on any atom is 0.283 e. The zero-order valence-electron chi connectivity index (χ0n) is 10.9. The van der Waals surface area contributed by atoms with Crippen molar-refractivity contribution in [1.82, 2.24) is 10.2 Å². The van der Waals surface area contributed by atoms with E-state index in [0.29, 0.717) is 11.3 Å². The molecule has 0 aliphatic carbocycles. The Morgan fingerprint density at radius 2 is 2.15 bits per heavy atom. The molecule has 2 aromatic rings. The molecule has 0 aliphatic heterocycles. The molecule has 0 saturated heterocycles. The fourth-order valence-electron chi connectivity index (χ4n) is 1.74. The number of alkyl halides is 1. The number of sulfonamides is 1. The van der Waals surface area contributed by atoms with Crippen LogP contribution in [0.15, 0.2) is 29.3 Å². The molecule has 20 heavy (non-hydrogen) atoms. The van der Waals surface area contributed by atoms with Gasteiger partial charge in [-0.15, -0.1) is 11.6 Å². The minimum atomic E-state index is -3.89. The van der Waals surface area contributed by atoms with Crippen LogP contribution < -0.4 is 4.31 Å². The Labute approximate surface area is 121 Å². The fourth-order valence-corrected chi connectivity index (χ4v) is 3.50. The van der Waals surface area contributed by atoms with Gasteiger partial charge in [0, 0.05) is 18.3 Å². The second-order valence-corrected chi connectivity index (χ2v) is 6.37. The lowest BCUT2D eigenvalue weighted by molar-refractivity contribution is 0.589. The summed E-state index contributed by atoms with van der Waals surface area (Å²) in [4.78, 5) is 0. The van der Waals surface area contributed by atoms with Crippen molar-refractivity contribution in [2.75, 3.05) is 11.4 Å². The van der Waals surface area contributed by atoms with Gasteiger partial charge in [0.05, 0.1) is 11.6 Å². The van der Waals surface area contributed by atoms with Gasteiger partial charge in [-0.25, -0.2) is 4.39 Å². The number of aromatic nitrogens is 2. The van der Waals surface area contributed by atoms with E-state index in [9.17, 15) is 12.8 Å². The average molecular weight is 318 g/mol. The number of nitrogens with zero attached hydrogens (tertiary/aromatic N) is 2. The Balaban J connectivity index is 2.49. The van der Waals surface area contributed by atoms with Crippen LogP contribution >= 0.6 is 11.6 Å². The van der Waals surface area contributed by atoms with Gasteiger partial charge in [0.25, 0.3) is 10.0 Å². The fraction of sp³-hybridized carbons (Fsp3) is 0.250. The van der Waals surface area contributed by atoms with E-state index in [0.717, 1.165) is 10.4 Å². The molecular weight excluding hydrogens is 305 g/mol. The Morgan fingerprint density at radius 1 is 1.45 bits per heavy atom. The number of anilines is 1. The predicted octanol–water partition coefficient (Wildman–Crippen LogP) is 2.42. The Bertz CT molecular complexity index is 730. The van der Waals surface area contributed by atoms with E-state index in [1.54, 1.807) is 6.92 Å². The van der Waals surface area contributed by atoms with Gasteiger partial charge in [-0.1, -0.05) is 6.07 Å². The highest BCUT2D eigenvalue weighted by Crippen LogP contribution is 2.25. The summed E-state index contributed by atoms with van der Waals surface area (Å²) in [7, 11) is -2.55. The summed E-state index contributed by atoms with van der Waals surface area (Å²) >= 11 is 5.76. The molecule has 1 aromatic heterocycles. The van der Waals surface area contributed by atoms with Crippen LogP contribution in [0.1, 0.15) is 11.3 Å². The first-order valence-electron chi connectivity index (χ1n) is 5.72. The largest absolute Gasteiger partial charge is 0.283 e. The number of halogens is 2. The van der Waals surface area contributed by atoms with Crippen LogP contribution in [0.3, 0.4) is 0 Å². The highest BCUT2D eigenvalue weighted by Gasteiger charge is 2.28. The Morgan fingerprint density at radius 3 is 2.75 bits per heavy atom. The monoisotopic (exact) mass is 317 g/mol. The molecule has 2 rings (SSSR count). The molecule has 0 atom stereocenters. The summed E-state index contributed by atoms with van der Waals surface area (Å²) in [6.07, 6.45) is 0. The summed E-state index contributed by atoms with van der Waals surface area (Å²) in [6.45, 7) is 1.69. The summed E-state index contributed by atoms with van der Waals surface area (Å²) in [5.74, 6) is -0.492. The lowest BCUT2D eigenvalue weighted by Crippen LogP contribution is -2.27. The van der Waals surface area contributed by atoms with E-state index in [2.05, 4.69) is 10.2 Å². The van der Waals surface area contributed by atoms with E-state index in [-0.39, 0.29) is 16.6 Å². The number of rotatable bonds is 4. The average Bonchev–Trinajstić information content (AvgIpc) is 2.79. The molecule has 0 radical (unpaired) electrons. The molecular formula is C12H13ClFN3O2S. The number of benzene rings is 1.